The van der Waals surface area contributed by atoms with Gasteiger partial charge in [0.15, 0.2) is 0 Å². The normalized spacial score (nSPS) is 24.5. The zero-order chi connectivity index (χ0) is 16.4. The quantitative estimate of drug-likeness (QED) is 0.946. The van der Waals surface area contributed by atoms with Gasteiger partial charge in [-0.2, -0.15) is 0 Å². The molecule has 1 aromatic carbocycles. The summed E-state index contributed by atoms with van der Waals surface area (Å²) in [6.07, 6.45) is 4.67. The first kappa shape index (κ1) is 15.7. The molecule has 0 saturated heterocycles. The van der Waals surface area contributed by atoms with Crippen LogP contribution >= 0.6 is 0 Å². The lowest BCUT2D eigenvalue weighted by Gasteiger charge is -2.34. The fourth-order valence-corrected chi connectivity index (χ4v) is 3.46. The van der Waals surface area contributed by atoms with Crippen molar-refractivity contribution >= 4 is 16.9 Å². The summed E-state index contributed by atoms with van der Waals surface area (Å²) in [5, 5.41) is 3.12. The van der Waals surface area contributed by atoms with Crippen molar-refractivity contribution in [3.8, 4) is 0 Å². The molecule has 1 amide bonds. The van der Waals surface area contributed by atoms with Crippen LogP contribution in [0, 0.1) is 11.8 Å². The molecule has 122 valence electrons. The molecule has 0 aliphatic heterocycles. The van der Waals surface area contributed by atoms with Crippen LogP contribution < -0.4 is 10.9 Å². The van der Waals surface area contributed by atoms with Gasteiger partial charge in [0.05, 0.1) is 17.2 Å². The number of carbonyl (C=O) groups is 1. The van der Waals surface area contributed by atoms with Gasteiger partial charge in [-0.1, -0.05) is 38.8 Å². The van der Waals surface area contributed by atoms with Crippen LogP contribution in [-0.4, -0.2) is 21.5 Å². The van der Waals surface area contributed by atoms with Crippen molar-refractivity contribution in [1.82, 2.24) is 14.9 Å². The highest BCUT2D eigenvalue weighted by Gasteiger charge is 2.28. The third-order valence-electron chi connectivity index (χ3n) is 5.11. The van der Waals surface area contributed by atoms with Gasteiger partial charge in [0.2, 0.25) is 5.91 Å². The molecule has 1 aliphatic rings. The fourth-order valence-electron chi connectivity index (χ4n) is 3.46. The van der Waals surface area contributed by atoms with Crippen LogP contribution in [0.5, 0.6) is 0 Å². The molecule has 3 atom stereocenters. The lowest BCUT2D eigenvalue weighted by Crippen LogP contribution is -2.45. The van der Waals surface area contributed by atoms with Gasteiger partial charge >= 0.3 is 0 Å². The Kier molecular flexibility index (Phi) is 4.46. The van der Waals surface area contributed by atoms with E-state index in [0.717, 1.165) is 18.4 Å². The zero-order valence-corrected chi connectivity index (χ0v) is 13.7. The Bertz CT molecular complexity index is 768. The molecule has 3 rings (SSSR count). The summed E-state index contributed by atoms with van der Waals surface area (Å²) >= 11 is 0. The summed E-state index contributed by atoms with van der Waals surface area (Å²) in [5.41, 5.74) is 1.17. The molecule has 0 spiro atoms. The van der Waals surface area contributed by atoms with E-state index in [1.54, 1.807) is 0 Å². The topological polar surface area (TPSA) is 64.0 Å². The van der Waals surface area contributed by atoms with E-state index in [-0.39, 0.29) is 24.1 Å². The third kappa shape index (κ3) is 3.28. The van der Waals surface area contributed by atoms with E-state index in [2.05, 4.69) is 24.1 Å². The largest absolute Gasteiger partial charge is 0.352 e. The summed E-state index contributed by atoms with van der Waals surface area (Å²) in [6.45, 7) is 4.48. The lowest BCUT2D eigenvalue weighted by atomic mass is 9.78. The van der Waals surface area contributed by atoms with Crippen LogP contribution in [0.25, 0.3) is 11.0 Å². The molecule has 3 unspecified atom stereocenters. The van der Waals surface area contributed by atoms with Crippen molar-refractivity contribution < 1.29 is 4.79 Å². The first-order chi connectivity index (χ1) is 11.1. The maximum atomic E-state index is 12.4. The number of para-hydroxylation sites is 2. The molecule has 5 nitrogen and oxygen atoms in total. The van der Waals surface area contributed by atoms with E-state index in [1.807, 2.05) is 24.3 Å². The summed E-state index contributed by atoms with van der Waals surface area (Å²) < 4.78 is 1.49. The summed E-state index contributed by atoms with van der Waals surface area (Å²) in [7, 11) is 0. The van der Waals surface area contributed by atoms with Crippen molar-refractivity contribution in [3.63, 3.8) is 0 Å². The van der Waals surface area contributed by atoms with E-state index in [9.17, 15) is 9.59 Å². The van der Waals surface area contributed by atoms with Gasteiger partial charge in [-0.05, 0) is 30.4 Å². The minimum absolute atomic E-state index is 0.0411. The molecule has 23 heavy (non-hydrogen) atoms. The smallest absolute Gasteiger partial charge is 0.269 e. The molecular weight excluding hydrogens is 290 g/mol. The Labute approximate surface area is 135 Å². The van der Waals surface area contributed by atoms with Crippen molar-refractivity contribution in [2.45, 2.75) is 45.7 Å². The molecule has 1 fully saturated rings. The van der Waals surface area contributed by atoms with Gasteiger partial charge in [0.1, 0.15) is 6.54 Å². The molecule has 2 aromatic rings. The van der Waals surface area contributed by atoms with Gasteiger partial charge < -0.3 is 5.32 Å². The summed E-state index contributed by atoms with van der Waals surface area (Å²) in [5.74, 6) is 0.992. The van der Waals surface area contributed by atoms with Gasteiger partial charge in [-0.25, -0.2) is 4.98 Å². The molecule has 0 radical (unpaired) electrons. The molecule has 1 saturated carbocycles. The van der Waals surface area contributed by atoms with Crippen LogP contribution in [0.4, 0.5) is 0 Å². The standard InChI is InChI=1S/C18H23N3O2/c1-12-6-5-8-14(13(12)2)20-17(22)11-21-16-9-4-3-7-15(16)19-10-18(21)23/h3-4,7,9-10,12-14H,5-6,8,11H2,1-2H3,(H,20,22). The Hall–Kier alpha value is -2.17. The van der Waals surface area contributed by atoms with E-state index in [0.29, 0.717) is 17.4 Å². The van der Waals surface area contributed by atoms with E-state index < -0.39 is 0 Å². The summed E-state index contributed by atoms with van der Waals surface area (Å²) in [4.78, 5) is 28.7. The van der Waals surface area contributed by atoms with Gasteiger partial charge in [-0.15, -0.1) is 0 Å². The molecular formula is C18H23N3O2. The van der Waals surface area contributed by atoms with Gasteiger partial charge in [0.25, 0.3) is 5.56 Å². The molecule has 1 N–H and O–H groups in total. The number of rotatable bonds is 3. The third-order valence-corrected chi connectivity index (χ3v) is 5.11. The maximum absolute atomic E-state index is 12.4. The first-order valence-corrected chi connectivity index (χ1v) is 8.30. The monoisotopic (exact) mass is 313 g/mol. The average molecular weight is 313 g/mol. The molecule has 0 bridgehead atoms. The number of hydrogen-bond donors (Lipinski definition) is 1. The fraction of sp³-hybridized carbons (Fsp3) is 0.500. The highest BCUT2D eigenvalue weighted by atomic mass is 16.2. The summed E-state index contributed by atoms with van der Waals surface area (Å²) in [6, 6.07) is 7.59. The Morgan fingerprint density at radius 1 is 1.30 bits per heavy atom. The van der Waals surface area contributed by atoms with Crippen LogP contribution in [-0.2, 0) is 11.3 Å². The predicted octanol–water partition coefficient (Wildman–Crippen LogP) is 2.34. The predicted molar refractivity (Wildman–Crippen MR) is 90.1 cm³/mol. The number of amides is 1. The highest BCUT2D eigenvalue weighted by molar-refractivity contribution is 5.80. The molecule has 1 aliphatic carbocycles. The first-order valence-electron chi connectivity index (χ1n) is 8.30. The Balaban J connectivity index is 1.78. The van der Waals surface area contributed by atoms with Crippen molar-refractivity contribution in [2.24, 2.45) is 11.8 Å². The van der Waals surface area contributed by atoms with Crippen LogP contribution in [0.1, 0.15) is 33.1 Å². The lowest BCUT2D eigenvalue weighted by molar-refractivity contribution is -0.123. The number of nitrogens with one attached hydrogen (secondary N) is 1. The minimum Gasteiger partial charge on any atom is -0.352 e. The number of aromatic nitrogens is 2. The molecule has 1 aromatic heterocycles. The Morgan fingerprint density at radius 3 is 2.91 bits per heavy atom. The van der Waals surface area contributed by atoms with Crippen molar-refractivity contribution in [1.29, 1.82) is 0 Å². The second-order valence-electron chi connectivity index (χ2n) is 6.61. The van der Waals surface area contributed by atoms with Crippen LogP contribution in [0.15, 0.2) is 35.3 Å². The van der Waals surface area contributed by atoms with Gasteiger partial charge in [0, 0.05) is 6.04 Å². The van der Waals surface area contributed by atoms with E-state index >= 15 is 0 Å². The number of hydrogen-bond acceptors (Lipinski definition) is 3. The minimum atomic E-state index is -0.246. The second-order valence-corrected chi connectivity index (χ2v) is 6.61. The molecule has 5 heteroatoms. The maximum Gasteiger partial charge on any atom is 0.269 e. The number of benzene rings is 1. The Morgan fingerprint density at radius 2 is 2.09 bits per heavy atom. The highest BCUT2D eigenvalue weighted by Crippen LogP contribution is 2.29. The van der Waals surface area contributed by atoms with Crippen molar-refractivity contribution in [2.75, 3.05) is 0 Å². The van der Waals surface area contributed by atoms with E-state index in [1.165, 1.54) is 17.2 Å². The number of carbonyl (C=O) groups excluding carboxylic acids is 1. The van der Waals surface area contributed by atoms with Crippen molar-refractivity contribution in [3.05, 3.63) is 40.8 Å². The number of nitrogens with zero attached hydrogens (tertiary/aromatic N) is 2. The average Bonchev–Trinajstić information content (AvgIpc) is 2.54. The van der Waals surface area contributed by atoms with Crippen LogP contribution in [0.2, 0.25) is 0 Å². The molecule has 1 heterocycles. The van der Waals surface area contributed by atoms with Crippen LogP contribution in [0.3, 0.4) is 0 Å². The zero-order valence-electron chi connectivity index (χ0n) is 13.7. The van der Waals surface area contributed by atoms with E-state index in [4.69, 9.17) is 0 Å². The second kappa shape index (κ2) is 6.52. The SMILES string of the molecule is CC1CCCC(NC(=O)Cn2c(=O)cnc3ccccc32)C1C. The van der Waals surface area contributed by atoms with Gasteiger partial charge in [-0.3, -0.25) is 14.2 Å². The number of fused-ring (bicyclic) bond motifs is 1.